The van der Waals surface area contributed by atoms with Crippen molar-refractivity contribution in [1.29, 1.82) is 0 Å². The molecule has 114 valence electrons. The molecule has 0 saturated carbocycles. The number of fused-ring (bicyclic) bond motifs is 1. The van der Waals surface area contributed by atoms with Crippen molar-refractivity contribution in [2.45, 2.75) is 19.3 Å². The molecule has 0 aliphatic carbocycles. The van der Waals surface area contributed by atoms with E-state index in [4.69, 9.17) is 5.73 Å². The number of carbonyl (C=O) groups excluding carboxylic acids is 1. The topological polar surface area (TPSA) is 72.1 Å². The highest BCUT2D eigenvalue weighted by Gasteiger charge is 2.32. The summed E-state index contributed by atoms with van der Waals surface area (Å²) in [6.07, 6.45) is -3.07. The molecule has 0 radical (unpaired) electrons. The molecule has 0 bridgehead atoms. The number of benzene rings is 1. The molecule has 3 rings (SSSR count). The summed E-state index contributed by atoms with van der Waals surface area (Å²) in [4.78, 5) is 21.3. The summed E-state index contributed by atoms with van der Waals surface area (Å²) < 4.78 is 38.1. The van der Waals surface area contributed by atoms with Gasteiger partial charge in [0, 0.05) is 12.7 Å². The largest absolute Gasteiger partial charge is 0.416 e. The van der Waals surface area contributed by atoms with E-state index in [0.29, 0.717) is 16.8 Å². The monoisotopic (exact) mass is 308 g/mol. The highest BCUT2D eigenvalue weighted by atomic mass is 19.4. The molecule has 2 aromatic rings. The van der Waals surface area contributed by atoms with Gasteiger partial charge >= 0.3 is 6.18 Å². The van der Waals surface area contributed by atoms with Crippen LogP contribution in [0.2, 0.25) is 0 Å². The Morgan fingerprint density at radius 3 is 2.82 bits per heavy atom. The van der Waals surface area contributed by atoms with Gasteiger partial charge in [0.15, 0.2) is 0 Å². The number of alkyl halides is 3. The Bertz CT molecular complexity index is 745. The van der Waals surface area contributed by atoms with Crippen LogP contribution in [0.25, 0.3) is 0 Å². The Balaban J connectivity index is 1.82. The normalized spacial score (nSPS) is 14.3. The number of anilines is 1. The molecule has 2 N–H and O–H groups in total. The third-order valence-corrected chi connectivity index (χ3v) is 3.37. The van der Waals surface area contributed by atoms with E-state index in [9.17, 15) is 18.0 Å². The van der Waals surface area contributed by atoms with E-state index in [1.165, 1.54) is 17.2 Å². The van der Waals surface area contributed by atoms with Gasteiger partial charge in [0.05, 0.1) is 23.4 Å². The molecule has 1 aliphatic rings. The number of amides is 1. The highest BCUT2D eigenvalue weighted by molar-refractivity contribution is 5.97. The Morgan fingerprint density at radius 2 is 2.09 bits per heavy atom. The van der Waals surface area contributed by atoms with Crippen LogP contribution in [0.4, 0.5) is 19.1 Å². The molecule has 1 aromatic carbocycles. The molecule has 22 heavy (non-hydrogen) atoms. The molecule has 1 aromatic heterocycles. The van der Waals surface area contributed by atoms with Crippen LogP contribution < -0.4 is 5.73 Å². The van der Waals surface area contributed by atoms with Gasteiger partial charge in [-0.2, -0.15) is 13.2 Å². The Labute approximate surface area is 123 Å². The first-order chi connectivity index (χ1) is 10.3. The predicted octanol–water partition coefficient (Wildman–Crippen LogP) is 2.23. The van der Waals surface area contributed by atoms with Gasteiger partial charge in [-0.3, -0.25) is 4.79 Å². The third kappa shape index (κ3) is 2.59. The maximum absolute atomic E-state index is 12.7. The zero-order chi connectivity index (χ0) is 15.9. The lowest BCUT2D eigenvalue weighted by atomic mass is 10.1. The van der Waals surface area contributed by atoms with Crippen LogP contribution in [-0.2, 0) is 19.3 Å². The van der Waals surface area contributed by atoms with Crippen molar-refractivity contribution in [3.63, 3.8) is 0 Å². The molecule has 1 amide bonds. The summed E-state index contributed by atoms with van der Waals surface area (Å²) in [5, 5.41) is 0. The van der Waals surface area contributed by atoms with Gasteiger partial charge in [-0.25, -0.2) is 9.97 Å². The Kier molecular flexibility index (Phi) is 3.23. The van der Waals surface area contributed by atoms with Crippen molar-refractivity contribution >= 4 is 11.9 Å². The number of nitrogens with two attached hydrogens (primary N) is 1. The molecule has 2 heterocycles. The predicted molar refractivity (Wildman–Crippen MR) is 71.5 cm³/mol. The zero-order valence-electron chi connectivity index (χ0n) is 11.3. The van der Waals surface area contributed by atoms with Crippen molar-refractivity contribution in [1.82, 2.24) is 14.9 Å². The average molecular weight is 308 g/mol. The van der Waals surface area contributed by atoms with E-state index in [1.807, 2.05) is 0 Å². The van der Waals surface area contributed by atoms with Crippen LogP contribution >= 0.6 is 0 Å². The fraction of sp³-hybridized carbons (Fsp3) is 0.214. The first-order valence-electron chi connectivity index (χ1n) is 6.41. The second-order valence-electron chi connectivity index (χ2n) is 4.95. The summed E-state index contributed by atoms with van der Waals surface area (Å²) in [7, 11) is 0. The van der Waals surface area contributed by atoms with Crippen LogP contribution in [0.5, 0.6) is 0 Å². The number of halogens is 3. The minimum Gasteiger partial charge on any atom is -0.368 e. The summed E-state index contributed by atoms with van der Waals surface area (Å²) in [5.41, 5.74) is 5.95. The van der Waals surface area contributed by atoms with Crippen LogP contribution in [-0.4, -0.2) is 20.8 Å². The summed E-state index contributed by atoms with van der Waals surface area (Å²) in [5.74, 6) is -0.250. The second kappa shape index (κ2) is 4.97. The summed E-state index contributed by atoms with van der Waals surface area (Å²) >= 11 is 0. The number of nitrogen functional groups attached to an aromatic ring is 1. The van der Waals surface area contributed by atoms with Gasteiger partial charge in [0.25, 0.3) is 5.91 Å². The molecule has 0 atom stereocenters. The molecule has 1 aliphatic heterocycles. The van der Waals surface area contributed by atoms with Crippen LogP contribution in [0.3, 0.4) is 0 Å². The third-order valence-electron chi connectivity index (χ3n) is 3.37. The summed E-state index contributed by atoms with van der Waals surface area (Å²) in [6, 6.07) is 4.90. The van der Waals surface area contributed by atoms with Crippen molar-refractivity contribution < 1.29 is 18.0 Å². The number of hydrogen-bond donors (Lipinski definition) is 1. The smallest absolute Gasteiger partial charge is 0.368 e. The fourth-order valence-electron chi connectivity index (χ4n) is 2.35. The molecular weight excluding hydrogens is 297 g/mol. The quantitative estimate of drug-likeness (QED) is 0.923. The van der Waals surface area contributed by atoms with Crippen LogP contribution in [0.1, 0.15) is 27.2 Å². The van der Waals surface area contributed by atoms with Crippen molar-refractivity contribution in [2.24, 2.45) is 0 Å². The van der Waals surface area contributed by atoms with E-state index >= 15 is 0 Å². The van der Waals surface area contributed by atoms with E-state index in [1.54, 1.807) is 6.07 Å². The van der Waals surface area contributed by atoms with E-state index in [0.717, 1.165) is 12.1 Å². The van der Waals surface area contributed by atoms with Crippen LogP contribution in [0.15, 0.2) is 30.5 Å². The number of nitrogens with zero attached hydrogens (tertiary/aromatic N) is 3. The first kappa shape index (κ1) is 14.3. The number of carbonyl (C=O) groups is 1. The Morgan fingerprint density at radius 1 is 1.32 bits per heavy atom. The number of rotatable bonds is 2. The van der Waals surface area contributed by atoms with E-state index in [-0.39, 0.29) is 24.9 Å². The lowest BCUT2D eigenvalue weighted by Crippen LogP contribution is -2.23. The van der Waals surface area contributed by atoms with Gasteiger partial charge in [0.2, 0.25) is 5.95 Å². The maximum Gasteiger partial charge on any atom is 0.416 e. The first-order valence-corrected chi connectivity index (χ1v) is 6.41. The van der Waals surface area contributed by atoms with Gasteiger partial charge in [-0.15, -0.1) is 0 Å². The molecule has 0 fully saturated rings. The standard InChI is InChI=1S/C14H11F3N4O/c15-14(16,17)9-3-1-2-8(4-9)6-21-7-11-10(12(21)22)5-19-13(18)20-11/h1-5H,6-7H2,(H2,18,19,20). The molecule has 8 heteroatoms. The van der Waals surface area contributed by atoms with Gasteiger partial charge in [0.1, 0.15) is 0 Å². The van der Waals surface area contributed by atoms with Crippen molar-refractivity contribution in [3.8, 4) is 0 Å². The minimum absolute atomic E-state index is 0.0625. The van der Waals surface area contributed by atoms with Crippen molar-refractivity contribution in [3.05, 3.63) is 52.8 Å². The SMILES string of the molecule is Nc1ncc2c(n1)CN(Cc1cccc(C(F)(F)F)c1)C2=O. The van der Waals surface area contributed by atoms with E-state index < -0.39 is 11.7 Å². The van der Waals surface area contributed by atoms with E-state index in [2.05, 4.69) is 9.97 Å². The van der Waals surface area contributed by atoms with Gasteiger partial charge < -0.3 is 10.6 Å². The summed E-state index contributed by atoms with van der Waals surface area (Å²) in [6.45, 7) is 0.274. The average Bonchev–Trinajstić information content (AvgIpc) is 2.74. The van der Waals surface area contributed by atoms with Gasteiger partial charge in [-0.05, 0) is 17.7 Å². The molecule has 0 spiro atoms. The fourth-order valence-corrected chi connectivity index (χ4v) is 2.35. The highest BCUT2D eigenvalue weighted by Crippen LogP contribution is 2.30. The lowest BCUT2D eigenvalue weighted by Gasteiger charge is -2.16. The maximum atomic E-state index is 12.7. The lowest BCUT2D eigenvalue weighted by molar-refractivity contribution is -0.137. The Hall–Kier alpha value is -2.64. The second-order valence-corrected chi connectivity index (χ2v) is 4.95. The molecular formula is C14H11F3N4O. The number of aromatic nitrogens is 2. The molecule has 0 unspecified atom stereocenters. The zero-order valence-corrected chi connectivity index (χ0v) is 11.3. The number of hydrogen-bond acceptors (Lipinski definition) is 4. The molecule has 5 nitrogen and oxygen atoms in total. The van der Waals surface area contributed by atoms with Crippen molar-refractivity contribution in [2.75, 3.05) is 5.73 Å². The van der Waals surface area contributed by atoms with Crippen LogP contribution in [0, 0.1) is 0 Å². The molecule has 0 saturated heterocycles. The van der Waals surface area contributed by atoms with Gasteiger partial charge in [-0.1, -0.05) is 12.1 Å². The minimum atomic E-state index is -4.41.